The number of anilines is 1. The number of carbonyl (C=O) groups is 2. The van der Waals surface area contributed by atoms with E-state index in [-0.39, 0.29) is 10.7 Å². The normalized spacial score (nSPS) is 11.9. The van der Waals surface area contributed by atoms with Crippen LogP contribution in [0.3, 0.4) is 0 Å². The minimum absolute atomic E-state index is 0.0266. The number of amides is 1. The highest BCUT2D eigenvalue weighted by Gasteiger charge is 2.37. The lowest BCUT2D eigenvalue weighted by molar-refractivity contribution is -0.145. The monoisotopic (exact) mass is 335 g/mol. The minimum Gasteiger partial charge on any atom is -0.481 e. The van der Waals surface area contributed by atoms with Crippen LogP contribution in [0.15, 0.2) is 18.2 Å². The Morgan fingerprint density at radius 1 is 1.32 bits per heavy atom. The summed E-state index contributed by atoms with van der Waals surface area (Å²) in [5.74, 6) is -5.32. The lowest BCUT2D eigenvalue weighted by Gasteiger charge is -2.21. The van der Waals surface area contributed by atoms with Crippen LogP contribution in [-0.4, -0.2) is 22.8 Å². The first-order valence-corrected chi connectivity index (χ1v) is 6.68. The summed E-state index contributed by atoms with van der Waals surface area (Å²) < 4.78 is 32.7. The van der Waals surface area contributed by atoms with Crippen LogP contribution in [0.25, 0.3) is 0 Å². The van der Waals surface area contributed by atoms with E-state index in [4.69, 9.17) is 21.4 Å². The Balaban J connectivity index is 3.00. The predicted molar refractivity (Wildman–Crippen MR) is 77.5 cm³/mol. The first kappa shape index (κ1) is 18.2. The maximum Gasteiger partial charge on any atom is 0.412 e. The van der Waals surface area contributed by atoms with Gasteiger partial charge in [-0.05, 0) is 39.0 Å². The van der Waals surface area contributed by atoms with Crippen molar-refractivity contribution in [1.82, 2.24) is 0 Å². The molecular weight excluding hydrogens is 320 g/mol. The molecule has 122 valence electrons. The third kappa shape index (κ3) is 5.48. The second-order valence-corrected chi connectivity index (χ2v) is 6.00. The molecule has 1 aromatic carbocycles. The number of carbonyl (C=O) groups excluding carboxylic acids is 1. The summed E-state index contributed by atoms with van der Waals surface area (Å²) >= 11 is 5.69. The van der Waals surface area contributed by atoms with Gasteiger partial charge in [-0.2, -0.15) is 0 Å². The van der Waals surface area contributed by atoms with Crippen molar-refractivity contribution in [2.24, 2.45) is 0 Å². The Kier molecular flexibility index (Phi) is 5.35. The van der Waals surface area contributed by atoms with Gasteiger partial charge in [-0.15, -0.1) is 0 Å². The van der Waals surface area contributed by atoms with E-state index in [1.54, 1.807) is 20.8 Å². The standard InChI is InChI=1S/C14H16ClF2NO4/c1-13(2,3)22-12(21)18-8-4-5-10(15)9(6-8)14(16,17)7-11(19)20/h4-6H,7H2,1-3H3,(H,18,21)(H,19,20). The van der Waals surface area contributed by atoms with Crippen LogP contribution in [0.1, 0.15) is 32.8 Å². The molecule has 0 aromatic heterocycles. The van der Waals surface area contributed by atoms with Gasteiger partial charge in [-0.25, -0.2) is 13.6 Å². The van der Waals surface area contributed by atoms with Gasteiger partial charge in [0.25, 0.3) is 5.92 Å². The van der Waals surface area contributed by atoms with Gasteiger partial charge >= 0.3 is 12.1 Å². The van der Waals surface area contributed by atoms with E-state index < -0.39 is 35.6 Å². The third-order valence-electron chi connectivity index (χ3n) is 2.38. The molecule has 0 saturated carbocycles. The van der Waals surface area contributed by atoms with Crippen molar-refractivity contribution in [2.45, 2.75) is 38.7 Å². The molecule has 0 unspecified atom stereocenters. The topological polar surface area (TPSA) is 75.6 Å². The van der Waals surface area contributed by atoms with E-state index in [1.165, 1.54) is 6.07 Å². The zero-order valence-electron chi connectivity index (χ0n) is 12.2. The van der Waals surface area contributed by atoms with Crippen LogP contribution in [-0.2, 0) is 15.5 Å². The molecule has 0 heterocycles. The SMILES string of the molecule is CC(C)(C)OC(=O)Nc1ccc(Cl)c(C(F)(F)CC(=O)O)c1. The van der Waals surface area contributed by atoms with Gasteiger partial charge in [0.05, 0.1) is 0 Å². The highest BCUT2D eigenvalue weighted by atomic mass is 35.5. The fourth-order valence-corrected chi connectivity index (χ4v) is 1.85. The molecule has 0 saturated heterocycles. The fraction of sp³-hybridized carbons (Fsp3) is 0.429. The summed E-state index contributed by atoms with van der Waals surface area (Å²) in [4.78, 5) is 22.1. The maximum absolute atomic E-state index is 13.8. The van der Waals surface area contributed by atoms with Crippen molar-refractivity contribution in [1.29, 1.82) is 0 Å². The maximum atomic E-state index is 13.8. The Bertz CT molecular complexity index is 585. The van der Waals surface area contributed by atoms with Crippen molar-refractivity contribution < 1.29 is 28.2 Å². The van der Waals surface area contributed by atoms with E-state index in [1.807, 2.05) is 0 Å². The second-order valence-electron chi connectivity index (χ2n) is 5.60. The minimum atomic E-state index is -3.66. The molecule has 1 aromatic rings. The molecule has 0 aliphatic heterocycles. The van der Waals surface area contributed by atoms with Gasteiger partial charge in [0.2, 0.25) is 0 Å². The molecule has 8 heteroatoms. The van der Waals surface area contributed by atoms with Crippen molar-refractivity contribution in [3.05, 3.63) is 28.8 Å². The number of aliphatic carboxylic acids is 1. The second kappa shape index (κ2) is 6.48. The Labute approximate surface area is 131 Å². The summed E-state index contributed by atoms with van der Waals surface area (Å²) in [6.07, 6.45) is -2.22. The van der Waals surface area contributed by atoms with E-state index in [2.05, 4.69) is 5.32 Å². The summed E-state index contributed by atoms with van der Waals surface area (Å²) in [5.41, 5.74) is -1.39. The Hall–Kier alpha value is -1.89. The predicted octanol–water partition coefficient (Wildman–Crippen LogP) is 4.25. The highest BCUT2D eigenvalue weighted by molar-refractivity contribution is 6.31. The summed E-state index contributed by atoms with van der Waals surface area (Å²) in [7, 11) is 0. The molecule has 0 radical (unpaired) electrons. The van der Waals surface area contributed by atoms with E-state index in [0.29, 0.717) is 0 Å². The van der Waals surface area contributed by atoms with E-state index >= 15 is 0 Å². The van der Waals surface area contributed by atoms with Gasteiger partial charge in [0.1, 0.15) is 12.0 Å². The Morgan fingerprint density at radius 2 is 1.91 bits per heavy atom. The molecule has 5 nitrogen and oxygen atoms in total. The molecule has 1 amide bonds. The third-order valence-corrected chi connectivity index (χ3v) is 2.71. The fourth-order valence-electron chi connectivity index (χ4n) is 1.59. The van der Waals surface area contributed by atoms with Gasteiger partial charge in [-0.1, -0.05) is 11.6 Å². The lowest BCUT2D eigenvalue weighted by Crippen LogP contribution is -2.27. The zero-order chi connectivity index (χ0) is 17.1. The average molecular weight is 336 g/mol. The number of hydrogen-bond acceptors (Lipinski definition) is 3. The lowest BCUT2D eigenvalue weighted by atomic mass is 10.0. The van der Waals surface area contributed by atoms with Gasteiger partial charge in [-0.3, -0.25) is 10.1 Å². The summed E-state index contributed by atoms with van der Waals surface area (Å²) in [5, 5.41) is 10.5. The van der Waals surface area contributed by atoms with Crippen molar-refractivity contribution in [3.8, 4) is 0 Å². The smallest absolute Gasteiger partial charge is 0.412 e. The zero-order valence-corrected chi connectivity index (χ0v) is 13.0. The number of nitrogens with one attached hydrogen (secondary N) is 1. The molecule has 22 heavy (non-hydrogen) atoms. The number of benzene rings is 1. The van der Waals surface area contributed by atoms with E-state index in [0.717, 1.165) is 12.1 Å². The van der Waals surface area contributed by atoms with Crippen molar-refractivity contribution >= 4 is 29.4 Å². The average Bonchev–Trinajstić information content (AvgIpc) is 2.27. The number of halogens is 3. The molecule has 0 aliphatic carbocycles. The molecule has 1 rings (SSSR count). The first-order valence-electron chi connectivity index (χ1n) is 6.30. The van der Waals surface area contributed by atoms with Crippen molar-refractivity contribution in [3.63, 3.8) is 0 Å². The van der Waals surface area contributed by atoms with Gasteiger partial charge < -0.3 is 9.84 Å². The summed E-state index contributed by atoms with van der Waals surface area (Å²) in [6, 6.07) is 3.39. The molecule has 0 atom stereocenters. The van der Waals surface area contributed by atoms with E-state index in [9.17, 15) is 18.4 Å². The molecule has 0 aliphatic rings. The summed E-state index contributed by atoms with van der Waals surface area (Å²) in [6.45, 7) is 4.96. The van der Waals surface area contributed by atoms with Crippen LogP contribution < -0.4 is 5.32 Å². The van der Waals surface area contributed by atoms with Gasteiger partial charge in [0.15, 0.2) is 0 Å². The van der Waals surface area contributed by atoms with Crippen LogP contribution >= 0.6 is 11.6 Å². The number of carboxylic acids is 1. The molecule has 2 N–H and O–H groups in total. The number of alkyl halides is 2. The highest BCUT2D eigenvalue weighted by Crippen LogP contribution is 2.37. The molecule has 0 bridgehead atoms. The quantitative estimate of drug-likeness (QED) is 0.862. The number of rotatable bonds is 4. The van der Waals surface area contributed by atoms with Crippen LogP contribution in [0.5, 0.6) is 0 Å². The van der Waals surface area contributed by atoms with Gasteiger partial charge in [0, 0.05) is 16.3 Å². The van der Waals surface area contributed by atoms with Crippen molar-refractivity contribution in [2.75, 3.05) is 5.32 Å². The number of carboxylic acid groups (broad SMARTS) is 1. The molecular formula is C14H16ClF2NO4. The first-order chi connectivity index (χ1) is 9.90. The number of ether oxygens (including phenoxy) is 1. The van der Waals surface area contributed by atoms with Crippen LogP contribution in [0, 0.1) is 0 Å². The Morgan fingerprint density at radius 3 is 2.41 bits per heavy atom. The van der Waals surface area contributed by atoms with Crippen LogP contribution in [0.4, 0.5) is 19.3 Å². The number of hydrogen-bond donors (Lipinski definition) is 2. The van der Waals surface area contributed by atoms with Crippen LogP contribution in [0.2, 0.25) is 5.02 Å². The molecule has 0 fully saturated rings. The molecule has 0 spiro atoms. The largest absolute Gasteiger partial charge is 0.481 e.